The van der Waals surface area contributed by atoms with Crippen molar-refractivity contribution in [2.75, 3.05) is 6.61 Å². The van der Waals surface area contributed by atoms with Crippen LogP contribution in [0.4, 0.5) is 0 Å². The maximum absolute atomic E-state index is 12.5. The molecule has 1 aliphatic heterocycles. The average molecular weight is 422 g/mol. The second-order valence-corrected chi connectivity index (χ2v) is 8.84. The molecule has 2 aliphatic rings. The van der Waals surface area contributed by atoms with E-state index in [-0.39, 0.29) is 11.7 Å². The van der Waals surface area contributed by atoms with Gasteiger partial charge in [-0.3, -0.25) is 4.79 Å². The third-order valence-corrected chi connectivity index (χ3v) is 6.72. The minimum Gasteiger partial charge on any atom is -0.370 e. The van der Waals surface area contributed by atoms with Gasteiger partial charge in [-0.2, -0.15) is 5.10 Å². The van der Waals surface area contributed by atoms with E-state index in [2.05, 4.69) is 21.8 Å². The molecule has 0 N–H and O–H groups in total. The number of hydrogen-bond donors (Lipinski definition) is 0. The number of rotatable bonds is 4. The van der Waals surface area contributed by atoms with Crippen LogP contribution in [-0.4, -0.2) is 30.9 Å². The molecule has 0 bridgehead atoms. The Labute approximate surface area is 182 Å². The Kier molecular flexibility index (Phi) is 5.61. The van der Waals surface area contributed by atoms with E-state index in [4.69, 9.17) is 14.8 Å². The summed E-state index contributed by atoms with van der Waals surface area (Å²) in [5, 5.41) is 4.98. The molecule has 1 atom stereocenters. The van der Waals surface area contributed by atoms with E-state index in [9.17, 15) is 4.79 Å². The number of aryl methyl sites for hydroxylation is 2. The molecular weight excluding hydrogens is 390 g/mol. The van der Waals surface area contributed by atoms with Crippen LogP contribution >= 0.6 is 0 Å². The normalized spacial score (nSPS) is 20.4. The highest BCUT2D eigenvalue weighted by Gasteiger charge is 2.27. The van der Waals surface area contributed by atoms with Gasteiger partial charge in [0.1, 0.15) is 11.8 Å². The summed E-state index contributed by atoms with van der Waals surface area (Å²) in [6.45, 7) is 5.18. The second-order valence-electron chi connectivity index (χ2n) is 8.84. The van der Waals surface area contributed by atoms with E-state index < -0.39 is 0 Å². The highest BCUT2D eigenvalue weighted by atomic mass is 16.5. The Morgan fingerprint density at radius 3 is 2.58 bits per heavy atom. The summed E-state index contributed by atoms with van der Waals surface area (Å²) in [5.41, 5.74) is 3.19. The number of ether oxygens (including phenoxy) is 1. The third-order valence-electron chi connectivity index (χ3n) is 6.72. The molecule has 31 heavy (non-hydrogen) atoms. The van der Waals surface area contributed by atoms with E-state index in [1.165, 1.54) is 25.7 Å². The molecule has 2 fully saturated rings. The van der Waals surface area contributed by atoms with Crippen molar-refractivity contribution in [2.45, 2.75) is 83.9 Å². The molecule has 1 aliphatic carbocycles. The van der Waals surface area contributed by atoms with Gasteiger partial charge in [0.05, 0.1) is 17.1 Å². The zero-order valence-corrected chi connectivity index (χ0v) is 18.5. The fourth-order valence-corrected chi connectivity index (χ4v) is 5.04. The van der Waals surface area contributed by atoms with Gasteiger partial charge in [0, 0.05) is 18.7 Å². The van der Waals surface area contributed by atoms with E-state index in [1.807, 2.05) is 13.0 Å². The number of benzene rings is 1. The predicted octanol–water partition coefficient (Wildman–Crippen LogP) is 4.73. The molecule has 3 heterocycles. The van der Waals surface area contributed by atoms with Gasteiger partial charge in [0.15, 0.2) is 11.6 Å². The second kappa shape index (κ2) is 8.54. The molecule has 1 saturated heterocycles. The first kappa shape index (κ1) is 20.4. The van der Waals surface area contributed by atoms with Crippen molar-refractivity contribution < 1.29 is 4.74 Å². The Morgan fingerprint density at radius 1 is 1.06 bits per heavy atom. The van der Waals surface area contributed by atoms with Gasteiger partial charge in [-0.1, -0.05) is 25.7 Å². The first-order valence-corrected chi connectivity index (χ1v) is 11.8. The molecule has 7 heteroatoms. The van der Waals surface area contributed by atoms with E-state index >= 15 is 0 Å². The van der Waals surface area contributed by atoms with Crippen molar-refractivity contribution in [3.05, 3.63) is 40.1 Å². The summed E-state index contributed by atoms with van der Waals surface area (Å²) in [6, 6.07) is 6.49. The van der Waals surface area contributed by atoms with Crippen molar-refractivity contribution in [3.63, 3.8) is 0 Å². The van der Waals surface area contributed by atoms with Crippen LogP contribution in [0, 0.1) is 6.92 Å². The summed E-state index contributed by atoms with van der Waals surface area (Å²) in [4.78, 5) is 22.1. The highest BCUT2D eigenvalue weighted by Crippen LogP contribution is 2.34. The van der Waals surface area contributed by atoms with Gasteiger partial charge in [0.25, 0.3) is 5.56 Å². The van der Waals surface area contributed by atoms with E-state index in [0.29, 0.717) is 18.3 Å². The lowest BCUT2D eigenvalue weighted by Gasteiger charge is -2.17. The fourth-order valence-electron chi connectivity index (χ4n) is 5.04. The van der Waals surface area contributed by atoms with Crippen LogP contribution in [0.3, 0.4) is 0 Å². The van der Waals surface area contributed by atoms with E-state index in [0.717, 1.165) is 60.5 Å². The van der Waals surface area contributed by atoms with Crippen LogP contribution in [0.25, 0.3) is 22.4 Å². The summed E-state index contributed by atoms with van der Waals surface area (Å²) in [5.74, 6) is 1.70. The van der Waals surface area contributed by atoms with Crippen LogP contribution in [0.1, 0.15) is 82.0 Å². The molecule has 2 aromatic heterocycles. The highest BCUT2D eigenvalue weighted by molar-refractivity contribution is 5.80. The zero-order chi connectivity index (χ0) is 21.4. The van der Waals surface area contributed by atoms with Gasteiger partial charge in [-0.05, 0) is 57.7 Å². The van der Waals surface area contributed by atoms with Crippen molar-refractivity contribution in [1.82, 2.24) is 24.3 Å². The maximum atomic E-state index is 12.5. The van der Waals surface area contributed by atoms with Gasteiger partial charge < -0.3 is 9.30 Å². The lowest BCUT2D eigenvalue weighted by Crippen LogP contribution is -2.23. The van der Waals surface area contributed by atoms with Crippen LogP contribution in [0.2, 0.25) is 0 Å². The maximum Gasteiger partial charge on any atom is 0.272 e. The topological polar surface area (TPSA) is 74.8 Å². The Hall–Kier alpha value is -2.54. The van der Waals surface area contributed by atoms with Crippen LogP contribution < -0.4 is 5.56 Å². The largest absolute Gasteiger partial charge is 0.370 e. The van der Waals surface area contributed by atoms with Crippen molar-refractivity contribution in [1.29, 1.82) is 0 Å². The average Bonchev–Trinajstić information content (AvgIpc) is 3.39. The Morgan fingerprint density at radius 2 is 1.87 bits per heavy atom. The van der Waals surface area contributed by atoms with Gasteiger partial charge in [-0.25, -0.2) is 14.6 Å². The summed E-state index contributed by atoms with van der Waals surface area (Å²) in [7, 11) is 0. The minimum atomic E-state index is -0.0231. The summed E-state index contributed by atoms with van der Waals surface area (Å²) < 4.78 is 9.84. The molecule has 1 unspecified atom stereocenters. The van der Waals surface area contributed by atoms with Crippen molar-refractivity contribution in [3.8, 4) is 11.4 Å². The summed E-state index contributed by atoms with van der Waals surface area (Å²) >= 11 is 0. The van der Waals surface area contributed by atoms with Gasteiger partial charge >= 0.3 is 0 Å². The smallest absolute Gasteiger partial charge is 0.272 e. The molecule has 0 spiro atoms. The van der Waals surface area contributed by atoms with Crippen LogP contribution in [0.5, 0.6) is 0 Å². The monoisotopic (exact) mass is 421 g/mol. The van der Waals surface area contributed by atoms with Gasteiger partial charge in [-0.15, -0.1) is 0 Å². The number of aromatic nitrogens is 5. The van der Waals surface area contributed by atoms with E-state index in [1.54, 1.807) is 11.5 Å². The van der Waals surface area contributed by atoms with Crippen LogP contribution in [-0.2, 0) is 11.3 Å². The molecule has 5 rings (SSSR count). The first-order valence-electron chi connectivity index (χ1n) is 11.8. The first-order chi connectivity index (χ1) is 15.2. The fraction of sp³-hybridized carbons (Fsp3) is 0.583. The quantitative estimate of drug-likeness (QED) is 0.569. The molecule has 1 saturated carbocycles. The molecule has 0 radical (unpaired) electrons. The molecule has 0 amide bonds. The lowest BCUT2D eigenvalue weighted by atomic mass is 10.1. The van der Waals surface area contributed by atoms with Crippen molar-refractivity contribution in [2.24, 2.45) is 0 Å². The number of nitrogens with zero attached hydrogens (tertiary/aromatic N) is 5. The third kappa shape index (κ3) is 3.80. The predicted molar refractivity (Wildman–Crippen MR) is 120 cm³/mol. The van der Waals surface area contributed by atoms with Crippen LogP contribution in [0.15, 0.2) is 23.0 Å². The molecule has 164 valence electrons. The standard InChI is InChI=1S/C24H31N5O2/c1-3-28-20-13-12-17(15-19(20)25-16(2)24(28)30)23-26-22(21-11-8-14-31-21)27-29(23)18-9-6-4-5-7-10-18/h12-13,15,18,21H,3-11,14H2,1-2H3. The zero-order valence-electron chi connectivity index (χ0n) is 18.5. The molecule has 3 aromatic rings. The molecule has 1 aromatic carbocycles. The Balaban J connectivity index is 1.63. The summed E-state index contributed by atoms with van der Waals surface area (Å²) in [6.07, 6.45) is 9.39. The van der Waals surface area contributed by atoms with Gasteiger partial charge in [0.2, 0.25) is 0 Å². The SMILES string of the molecule is CCn1c(=O)c(C)nc2cc(-c3nc(C4CCCO4)nn3C3CCCCCC3)ccc21. The molecular formula is C24H31N5O2. The minimum absolute atomic E-state index is 0.00289. The Bertz CT molecular complexity index is 1130. The number of fused-ring (bicyclic) bond motifs is 1. The number of hydrogen-bond acceptors (Lipinski definition) is 5. The van der Waals surface area contributed by atoms with Crippen molar-refractivity contribution >= 4 is 11.0 Å². The lowest BCUT2D eigenvalue weighted by molar-refractivity contribution is 0.104. The molecule has 7 nitrogen and oxygen atoms in total.